The van der Waals surface area contributed by atoms with Crippen molar-refractivity contribution < 1.29 is 4.79 Å². The number of rotatable bonds is 2. The van der Waals surface area contributed by atoms with Gasteiger partial charge in [0.25, 0.3) is 0 Å². The molecule has 0 aromatic heterocycles. The maximum Gasteiger partial charge on any atom is 0.227 e. The minimum absolute atomic E-state index is 0.101. The third kappa shape index (κ3) is 3.01. The average molecular weight is 279 g/mol. The zero-order valence-electron chi connectivity index (χ0n) is 12.6. The van der Waals surface area contributed by atoms with Gasteiger partial charge in [-0.15, -0.1) is 0 Å². The molecule has 1 aliphatic carbocycles. The summed E-state index contributed by atoms with van der Waals surface area (Å²) in [5.41, 5.74) is 6.17. The molecule has 0 aromatic carbocycles. The predicted molar refractivity (Wildman–Crippen MR) is 80.3 cm³/mol. The Hall–Kier alpha value is -0.610. The van der Waals surface area contributed by atoms with Gasteiger partial charge in [0.05, 0.1) is 5.92 Å². The molecular formula is C16H29N3O. The summed E-state index contributed by atoms with van der Waals surface area (Å²) in [6.45, 7) is 4.36. The maximum atomic E-state index is 12.7. The van der Waals surface area contributed by atoms with E-state index in [0.29, 0.717) is 11.9 Å². The van der Waals surface area contributed by atoms with Crippen molar-refractivity contribution in [3.05, 3.63) is 0 Å². The third-order valence-electron chi connectivity index (χ3n) is 5.52. The summed E-state index contributed by atoms with van der Waals surface area (Å²) >= 11 is 0. The van der Waals surface area contributed by atoms with Crippen LogP contribution in [0.25, 0.3) is 0 Å². The quantitative estimate of drug-likeness (QED) is 0.835. The van der Waals surface area contributed by atoms with Crippen molar-refractivity contribution in [2.45, 2.75) is 63.5 Å². The molecule has 3 rings (SSSR count). The van der Waals surface area contributed by atoms with Crippen LogP contribution >= 0.6 is 0 Å². The summed E-state index contributed by atoms with van der Waals surface area (Å²) < 4.78 is 0. The molecule has 3 unspecified atom stereocenters. The van der Waals surface area contributed by atoms with Crippen LogP contribution in [0.3, 0.4) is 0 Å². The van der Waals surface area contributed by atoms with E-state index >= 15 is 0 Å². The van der Waals surface area contributed by atoms with E-state index in [1.165, 1.54) is 45.2 Å². The highest BCUT2D eigenvalue weighted by molar-refractivity contribution is 5.80. The smallest absolute Gasteiger partial charge is 0.227 e. The van der Waals surface area contributed by atoms with Gasteiger partial charge in [0, 0.05) is 25.2 Å². The van der Waals surface area contributed by atoms with Gasteiger partial charge in [-0.05, 0) is 45.2 Å². The number of piperidine rings is 1. The second kappa shape index (κ2) is 6.44. The molecule has 0 bridgehead atoms. The molecule has 3 fully saturated rings. The van der Waals surface area contributed by atoms with E-state index < -0.39 is 0 Å². The first-order chi connectivity index (χ1) is 9.75. The number of nitrogens with two attached hydrogens (primary N) is 1. The van der Waals surface area contributed by atoms with Gasteiger partial charge in [0.2, 0.25) is 5.91 Å². The molecule has 2 saturated heterocycles. The summed E-state index contributed by atoms with van der Waals surface area (Å²) in [7, 11) is 0. The number of carbonyl (C=O) groups excluding carboxylic acids is 1. The van der Waals surface area contributed by atoms with Crippen LogP contribution in [0.15, 0.2) is 0 Å². The third-order valence-corrected chi connectivity index (χ3v) is 5.52. The fraction of sp³-hybridized carbons (Fsp3) is 0.938. The zero-order valence-corrected chi connectivity index (χ0v) is 12.6. The van der Waals surface area contributed by atoms with Crippen LogP contribution in [0.1, 0.15) is 51.4 Å². The topological polar surface area (TPSA) is 49.6 Å². The summed E-state index contributed by atoms with van der Waals surface area (Å²) in [6.07, 6.45) is 9.60. The highest BCUT2D eigenvalue weighted by Gasteiger charge is 2.36. The normalized spacial score (nSPS) is 36.2. The molecule has 0 radical (unpaired) electrons. The minimum atomic E-state index is 0.101. The van der Waals surface area contributed by atoms with Crippen molar-refractivity contribution in [2.75, 3.05) is 26.2 Å². The van der Waals surface area contributed by atoms with E-state index in [-0.39, 0.29) is 12.0 Å². The summed E-state index contributed by atoms with van der Waals surface area (Å²) in [4.78, 5) is 17.4. The van der Waals surface area contributed by atoms with E-state index in [2.05, 4.69) is 9.80 Å². The van der Waals surface area contributed by atoms with E-state index in [1.54, 1.807) is 0 Å². The van der Waals surface area contributed by atoms with Gasteiger partial charge in [0.15, 0.2) is 0 Å². The molecule has 2 aliphatic heterocycles. The number of carbonyl (C=O) groups is 1. The van der Waals surface area contributed by atoms with Crippen molar-refractivity contribution in [1.82, 2.24) is 9.80 Å². The molecule has 1 amide bonds. The largest absolute Gasteiger partial charge is 0.341 e. The minimum Gasteiger partial charge on any atom is -0.341 e. The lowest BCUT2D eigenvalue weighted by Crippen LogP contribution is -2.46. The first-order valence-corrected chi connectivity index (χ1v) is 8.54. The number of nitrogens with zero attached hydrogens (tertiary/aromatic N) is 2. The molecule has 3 atom stereocenters. The monoisotopic (exact) mass is 279 g/mol. The van der Waals surface area contributed by atoms with Gasteiger partial charge in [-0.1, -0.05) is 19.3 Å². The Balaban J connectivity index is 1.54. The molecule has 2 heterocycles. The highest BCUT2D eigenvalue weighted by Crippen LogP contribution is 2.27. The molecule has 4 heteroatoms. The van der Waals surface area contributed by atoms with Crippen LogP contribution in [-0.4, -0.2) is 54.0 Å². The highest BCUT2D eigenvalue weighted by atomic mass is 16.2. The van der Waals surface area contributed by atoms with Crippen LogP contribution in [0, 0.1) is 5.92 Å². The average Bonchev–Trinajstić information content (AvgIpc) is 2.98. The number of amides is 1. The molecule has 4 nitrogen and oxygen atoms in total. The van der Waals surface area contributed by atoms with E-state index in [4.69, 9.17) is 5.73 Å². The summed E-state index contributed by atoms with van der Waals surface area (Å²) in [5, 5.41) is 0. The Kier molecular flexibility index (Phi) is 4.61. The molecule has 2 N–H and O–H groups in total. The van der Waals surface area contributed by atoms with Gasteiger partial charge >= 0.3 is 0 Å². The van der Waals surface area contributed by atoms with E-state index in [1.807, 2.05) is 0 Å². The van der Waals surface area contributed by atoms with Crippen LogP contribution < -0.4 is 5.73 Å². The summed E-state index contributed by atoms with van der Waals surface area (Å²) in [5.74, 6) is 0.445. The number of likely N-dealkylation sites (tertiary alicyclic amines) is 2. The first-order valence-electron chi connectivity index (χ1n) is 8.54. The SMILES string of the molecule is NC1CCCCC1C(=O)N1CCC(N2CCCCC2)C1. The zero-order chi connectivity index (χ0) is 13.9. The fourth-order valence-electron chi connectivity index (χ4n) is 4.22. The maximum absolute atomic E-state index is 12.7. The predicted octanol–water partition coefficient (Wildman–Crippen LogP) is 1.59. The molecule has 0 spiro atoms. The van der Waals surface area contributed by atoms with Gasteiger partial charge < -0.3 is 10.6 Å². The molecule has 20 heavy (non-hydrogen) atoms. The lowest BCUT2D eigenvalue weighted by atomic mass is 9.84. The van der Waals surface area contributed by atoms with Crippen molar-refractivity contribution in [2.24, 2.45) is 11.7 Å². The Morgan fingerprint density at radius 3 is 2.40 bits per heavy atom. The van der Waals surface area contributed by atoms with E-state index in [9.17, 15) is 4.79 Å². The van der Waals surface area contributed by atoms with Gasteiger partial charge in [-0.2, -0.15) is 0 Å². The molecule has 1 saturated carbocycles. The number of hydrogen-bond donors (Lipinski definition) is 1. The Labute approximate surface area is 122 Å². The second-order valence-electron chi connectivity index (χ2n) is 6.88. The van der Waals surface area contributed by atoms with Crippen molar-refractivity contribution in [3.63, 3.8) is 0 Å². The molecular weight excluding hydrogens is 250 g/mol. The van der Waals surface area contributed by atoms with Crippen molar-refractivity contribution in [1.29, 1.82) is 0 Å². The fourth-order valence-corrected chi connectivity index (χ4v) is 4.22. The second-order valence-corrected chi connectivity index (χ2v) is 6.88. The van der Waals surface area contributed by atoms with E-state index in [0.717, 1.165) is 32.4 Å². The molecule has 3 aliphatic rings. The van der Waals surface area contributed by atoms with Gasteiger partial charge in [-0.3, -0.25) is 9.69 Å². The lowest BCUT2D eigenvalue weighted by molar-refractivity contribution is -0.136. The van der Waals surface area contributed by atoms with Crippen LogP contribution in [0.4, 0.5) is 0 Å². The lowest BCUT2D eigenvalue weighted by Gasteiger charge is -2.33. The molecule has 114 valence electrons. The summed E-state index contributed by atoms with van der Waals surface area (Å²) in [6, 6.07) is 0.712. The van der Waals surface area contributed by atoms with Crippen molar-refractivity contribution in [3.8, 4) is 0 Å². The van der Waals surface area contributed by atoms with Crippen LogP contribution in [0.5, 0.6) is 0 Å². The Morgan fingerprint density at radius 2 is 1.65 bits per heavy atom. The van der Waals surface area contributed by atoms with Crippen molar-refractivity contribution >= 4 is 5.91 Å². The van der Waals surface area contributed by atoms with Crippen LogP contribution in [0.2, 0.25) is 0 Å². The molecule has 0 aromatic rings. The standard InChI is InChI=1S/C16H29N3O/c17-15-7-3-2-6-14(15)16(20)19-11-8-13(12-19)18-9-4-1-5-10-18/h13-15H,1-12,17H2. The Morgan fingerprint density at radius 1 is 0.900 bits per heavy atom. The number of hydrogen-bond acceptors (Lipinski definition) is 3. The van der Waals surface area contributed by atoms with Gasteiger partial charge in [0.1, 0.15) is 0 Å². The first kappa shape index (κ1) is 14.3. The van der Waals surface area contributed by atoms with Crippen LogP contribution in [-0.2, 0) is 4.79 Å². The van der Waals surface area contributed by atoms with Gasteiger partial charge in [-0.25, -0.2) is 0 Å². The Bertz CT molecular complexity index is 341.